The van der Waals surface area contributed by atoms with E-state index in [0.29, 0.717) is 26.3 Å². The number of carbonyl (C=O) groups excluding carboxylic acids is 1. The van der Waals surface area contributed by atoms with E-state index >= 15 is 0 Å². The second-order valence-electron chi connectivity index (χ2n) is 3.77. The lowest BCUT2D eigenvalue weighted by atomic mass is 10.1. The Morgan fingerprint density at radius 1 is 1.21 bits per heavy atom. The summed E-state index contributed by atoms with van der Waals surface area (Å²) in [6.45, 7) is 0. The van der Waals surface area contributed by atoms with Crippen molar-refractivity contribution in [1.82, 2.24) is 0 Å². The molecule has 2 rings (SSSR count). The zero-order valence-corrected chi connectivity index (χ0v) is 12.0. The zero-order chi connectivity index (χ0) is 13.8. The third-order valence-corrected chi connectivity index (χ3v) is 3.67. The predicted octanol–water partition coefficient (Wildman–Crippen LogP) is 4.23. The number of nitrogens with zero attached hydrogens (tertiary/aromatic N) is 1. The van der Waals surface area contributed by atoms with Crippen LogP contribution in [0.1, 0.15) is 15.9 Å². The lowest BCUT2D eigenvalue weighted by Crippen LogP contribution is -2.11. The number of amides is 1. The van der Waals surface area contributed by atoms with Crippen LogP contribution in [0.3, 0.4) is 0 Å². The maximum atomic E-state index is 12.0. The van der Waals surface area contributed by atoms with Crippen molar-refractivity contribution in [3.8, 4) is 6.07 Å². The zero-order valence-electron chi connectivity index (χ0n) is 9.65. The molecule has 3 nitrogen and oxygen atoms in total. The first-order valence-electron chi connectivity index (χ1n) is 5.37. The molecular formula is C14H8BrClN2O. The largest absolute Gasteiger partial charge is 0.322 e. The van der Waals surface area contributed by atoms with Crippen molar-refractivity contribution in [1.29, 1.82) is 5.26 Å². The normalized spacial score (nSPS) is 9.74. The highest BCUT2D eigenvalue weighted by molar-refractivity contribution is 9.10. The van der Waals surface area contributed by atoms with Gasteiger partial charge in [-0.3, -0.25) is 4.79 Å². The Morgan fingerprint density at radius 3 is 2.47 bits per heavy atom. The molecule has 0 unspecified atom stereocenters. The molecule has 0 fully saturated rings. The van der Waals surface area contributed by atoms with E-state index < -0.39 is 0 Å². The molecule has 5 heteroatoms. The number of anilines is 1. The SMILES string of the molecule is N#Cc1ccc(C(=O)Nc2ccc(Cl)c(Br)c2)cc1. The van der Waals surface area contributed by atoms with Crippen LogP contribution in [0.2, 0.25) is 5.02 Å². The highest BCUT2D eigenvalue weighted by Crippen LogP contribution is 2.25. The molecule has 0 bridgehead atoms. The van der Waals surface area contributed by atoms with Gasteiger partial charge in [0.1, 0.15) is 0 Å². The number of nitriles is 1. The number of hydrogen-bond donors (Lipinski definition) is 1. The molecule has 0 radical (unpaired) electrons. The van der Waals surface area contributed by atoms with Gasteiger partial charge in [0.15, 0.2) is 0 Å². The van der Waals surface area contributed by atoms with E-state index in [4.69, 9.17) is 16.9 Å². The summed E-state index contributed by atoms with van der Waals surface area (Å²) in [5.74, 6) is -0.237. The highest BCUT2D eigenvalue weighted by Gasteiger charge is 2.07. The van der Waals surface area contributed by atoms with Gasteiger partial charge in [0.25, 0.3) is 5.91 Å². The monoisotopic (exact) mass is 334 g/mol. The summed E-state index contributed by atoms with van der Waals surface area (Å²) in [6.07, 6.45) is 0. The Labute approximate surface area is 123 Å². The highest BCUT2D eigenvalue weighted by atomic mass is 79.9. The van der Waals surface area contributed by atoms with Crippen molar-refractivity contribution < 1.29 is 4.79 Å². The molecule has 0 saturated carbocycles. The van der Waals surface area contributed by atoms with Gasteiger partial charge in [-0.2, -0.15) is 5.26 Å². The van der Waals surface area contributed by atoms with Crippen LogP contribution >= 0.6 is 27.5 Å². The average molecular weight is 336 g/mol. The molecule has 2 aromatic carbocycles. The third kappa shape index (κ3) is 3.34. The molecule has 0 aliphatic rings. The van der Waals surface area contributed by atoms with Crippen LogP contribution in [0.5, 0.6) is 0 Å². The first kappa shape index (κ1) is 13.6. The van der Waals surface area contributed by atoms with Crippen molar-refractivity contribution in [2.75, 3.05) is 5.32 Å². The molecular weight excluding hydrogens is 328 g/mol. The van der Waals surface area contributed by atoms with Crippen molar-refractivity contribution in [2.24, 2.45) is 0 Å². The second-order valence-corrected chi connectivity index (χ2v) is 5.03. The minimum Gasteiger partial charge on any atom is -0.322 e. The maximum absolute atomic E-state index is 12.0. The Bertz CT molecular complexity index is 662. The summed E-state index contributed by atoms with van der Waals surface area (Å²) in [5.41, 5.74) is 1.65. The molecule has 0 aromatic heterocycles. The van der Waals surface area contributed by atoms with Crippen LogP contribution in [0, 0.1) is 11.3 Å². The number of carbonyl (C=O) groups is 1. The third-order valence-electron chi connectivity index (χ3n) is 2.45. The van der Waals surface area contributed by atoms with Gasteiger partial charge < -0.3 is 5.32 Å². The van der Waals surface area contributed by atoms with Gasteiger partial charge in [-0.25, -0.2) is 0 Å². The molecule has 0 aliphatic carbocycles. The molecule has 0 saturated heterocycles. The lowest BCUT2D eigenvalue weighted by molar-refractivity contribution is 0.102. The minimum atomic E-state index is -0.237. The van der Waals surface area contributed by atoms with E-state index in [-0.39, 0.29) is 5.91 Å². The first-order chi connectivity index (χ1) is 9.10. The van der Waals surface area contributed by atoms with Crippen LogP contribution in [0.25, 0.3) is 0 Å². The number of nitrogens with one attached hydrogen (secondary N) is 1. The smallest absolute Gasteiger partial charge is 0.255 e. The summed E-state index contributed by atoms with van der Waals surface area (Å²) in [4.78, 5) is 12.0. The lowest BCUT2D eigenvalue weighted by Gasteiger charge is -2.06. The molecule has 94 valence electrons. The van der Waals surface area contributed by atoms with Crippen molar-refractivity contribution in [2.45, 2.75) is 0 Å². The standard InChI is InChI=1S/C14H8BrClN2O/c15-12-7-11(5-6-13(12)16)18-14(19)10-3-1-9(8-17)2-4-10/h1-7H,(H,18,19). The Hall–Kier alpha value is -1.83. The molecule has 1 amide bonds. The van der Waals surface area contributed by atoms with Crippen LogP contribution in [0.15, 0.2) is 46.9 Å². The predicted molar refractivity (Wildman–Crippen MR) is 78.3 cm³/mol. The summed E-state index contributed by atoms with van der Waals surface area (Å²) in [5, 5.41) is 12.0. The number of benzene rings is 2. The van der Waals surface area contributed by atoms with Crippen molar-refractivity contribution >= 4 is 39.1 Å². The quantitative estimate of drug-likeness (QED) is 0.893. The maximum Gasteiger partial charge on any atom is 0.255 e. The number of halogens is 2. The average Bonchev–Trinajstić information content (AvgIpc) is 2.43. The van der Waals surface area contributed by atoms with Gasteiger partial charge in [-0.1, -0.05) is 11.6 Å². The number of rotatable bonds is 2. The first-order valence-corrected chi connectivity index (χ1v) is 6.54. The van der Waals surface area contributed by atoms with E-state index in [2.05, 4.69) is 21.2 Å². The van der Waals surface area contributed by atoms with Crippen molar-refractivity contribution in [3.05, 3.63) is 63.1 Å². The van der Waals surface area contributed by atoms with Crippen LogP contribution < -0.4 is 5.32 Å². The van der Waals surface area contributed by atoms with Crippen molar-refractivity contribution in [3.63, 3.8) is 0 Å². The Morgan fingerprint density at radius 2 is 1.89 bits per heavy atom. The topological polar surface area (TPSA) is 52.9 Å². The molecule has 0 heterocycles. The van der Waals surface area contributed by atoms with Crippen LogP contribution in [-0.2, 0) is 0 Å². The van der Waals surface area contributed by atoms with Gasteiger partial charge >= 0.3 is 0 Å². The van der Waals surface area contributed by atoms with Gasteiger partial charge in [-0.15, -0.1) is 0 Å². The Balaban J connectivity index is 2.16. The molecule has 1 N–H and O–H groups in total. The molecule has 0 aliphatic heterocycles. The molecule has 0 atom stereocenters. The summed E-state index contributed by atoms with van der Waals surface area (Å²) in [7, 11) is 0. The van der Waals surface area contributed by atoms with Gasteiger partial charge in [0, 0.05) is 15.7 Å². The van der Waals surface area contributed by atoms with Gasteiger partial charge in [-0.05, 0) is 58.4 Å². The fraction of sp³-hybridized carbons (Fsp3) is 0. The summed E-state index contributed by atoms with van der Waals surface area (Å²) < 4.78 is 0.715. The molecule has 19 heavy (non-hydrogen) atoms. The van der Waals surface area contributed by atoms with E-state index in [0.717, 1.165) is 0 Å². The molecule has 2 aromatic rings. The van der Waals surface area contributed by atoms with Crippen LogP contribution in [-0.4, -0.2) is 5.91 Å². The minimum absolute atomic E-state index is 0.237. The van der Waals surface area contributed by atoms with E-state index in [9.17, 15) is 4.79 Å². The van der Waals surface area contributed by atoms with Gasteiger partial charge in [0.05, 0.1) is 16.7 Å². The second kappa shape index (κ2) is 5.87. The Kier molecular flexibility index (Phi) is 4.20. The summed E-state index contributed by atoms with van der Waals surface area (Å²) >= 11 is 9.17. The van der Waals surface area contributed by atoms with E-state index in [1.54, 1.807) is 42.5 Å². The van der Waals surface area contributed by atoms with E-state index in [1.165, 1.54) is 0 Å². The van der Waals surface area contributed by atoms with Crippen LogP contribution in [0.4, 0.5) is 5.69 Å². The fourth-order valence-corrected chi connectivity index (χ4v) is 1.97. The van der Waals surface area contributed by atoms with Gasteiger partial charge in [0.2, 0.25) is 0 Å². The van der Waals surface area contributed by atoms with E-state index in [1.807, 2.05) is 6.07 Å². The summed E-state index contributed by atoms with van der Waals surface area (Å²) in [6, 6.07) is 13.6. The molecule has 0 spiro atoms. The fourth-order valence-electron chi connectivity index (χ4n) is 1.47. The number of hydrogen-bond acceptors (Lipinski definition) is 2.